The summed E-state index contributed by atoms with van der Waals surface area (Å²) in [4.78, 5) is 1.06. The summed E-state index contributed by atoms with van der Waals surface area (Å²) < 4.78 is 16.5. The smallest absolute Gasteiger partial charge is 0.123 e. The number of halogens is 1. The molecule has 2 heterocycles. The lowest BCUT2D eigenvalue weighted by Crippen LogP contribution is -2.32. The first-order valence-corrected chi connectivity index (χ1v) is 11.5. The number of aliphatic hydroxyl groups is 1. The molecule has 0 spiro atoms. The van der Waals surface area contributed by atoms with Gasteiger partial charge in [0, 0.05) is 9.58 Å². The first-order chi connectivity index (χ1) is 15.0. The van der Waals surface area contributed by atoms with Crippen molar-refractivity contribution in [3.63, 3.8) is 0 Å². The zero-order valence-corrected chi connectivity index (χ0v) is 18.1. The fourth-order valence-electron chi connectivity index (χ4n) is 5.52. The number of benzene rings is 2. The second-order valence-corrected chi connectivity index (χ2v) is 10.1. The molecule has 0 aliphatic heterocycles. The molecule has 2 aromatic carbocycles. The number of fused-ring (bicyclic) bond motifs is 3. The Labute approximate surface area is 184 Å². The molecule has 0 amide bonds. The van der Waals surface area contributed by atoms with Gasteiger partial charge in [-0.1, -0.05) is 30.7 Å². The van der Waals surface area contributed by atoms with Gasteiger partial charge in [-0.05, 0) is 84.0 Å². The molecule has 5 heteroatoms. The van der Waals surface area contributed by atoms with Crippen molar-refractivity contribution in [1.29, 1.82) is 0 Å². The van der Waals surface area contributed by atoms with Crippen LogP contribution < -0.4 is 0 Å². The fourth-order valence-corrected chi connectivity index (χ4v) is 6.63. The molecule has 0 saturated heterocycles. The van der Waals surface area contributed by atoms with Gasteiger partial charge in [0.25, 0.3) is 0 Å². The summed E-state index contributed by atoms with van der Waals surface area (Å²) in [5, 5.41) is 17.2. The quantitative estimate of drug-likeness (QED) is 0.413. The molecule has 6 rings (SSSR count). The predicted molar refractivity (Wildman–Crippen MR) is 123 cm³/mol. The predicted octanol–water partition coefficient (Wildman–Crippen LogP) is 6.32. The maximum absolute atomic E-state index is 13.4. The maximum Gasteiger partial charge on any atom is 0.123 e. The topological polar surface area (TPSA) is 38.0 Å². The van der Waals surface area contributed by atoms with Crippen LogP contribution in [0.5, 0.6) is 0 Å². The van der Waals surface area contributed by atoms with Gasteiger partial charge < -0.3 is 5.11 Å². The van der Waals surface area contributed by atoms with E-state index in [9.17, 15) is 9.50 Å². The molecule has 31 heavy (non-hydrogen) atoms. The van der Waals surface area contributed by atoms with Crippen LogP contribution in [0.4, 0.5) is 4.39 Å². The monoisotopic (exact) mass is 430 g/mol. The van der Waals surface area contributed by atoms with E-state index in [4.69, 9.17) is 0 Å². The van der Waals surface area contributed by atoms with Gasteiger partial charge in [0.05, 0.1) is 23.7 Å². The van der Waals surface area contributed by atoms with Gasteiger partial charge in [-0.15, -0.1) is 11.3 Å². The number of nitrogens with zero attached hydrogens (tertiary/aromatic N) is 2. The van der Waals surface area contributed by atoms with Crippen molar-refractivity contribution >= 4 is 27.5 Å². The van der Waals surface area contributed by atoms with Crippen LogP contribution in [0.2, 0.25) is 0 Å². The lowest BCUT2D eigenvalue weighted by atomic mass is 9.68. The molecule has 1 saturated carbocycles. The average molecular weight is 431 g/mol. The Morgan fingerprint density at radius 3 is 2.81 bits per heavy atom. The lowest BCUT2D eigenvalue weighted by Gasteiger charge is -2.38. The molecule has 3 atom stereocenters. The van der Waals surface area contributed by atoms with Gasteiger partial charge in [-0.3, -0.25) is 0 Å². The third-order valence-corrected chi connectivity index (χ3v) is 8.41. The minimum atomic E-state index is -0.470. The summed E-state index contributed by atoms with van der Waals surface area (Å²) in [5.74, 6) is -0.0707. The van der Waals surface area contributed by atoms with Gasteiger partial charge in [-0.25, -0.2) is 9.07 Å². The molecule has 2 aliphatic rings. The van der Waals surface area contributed by atoms with Gasteiger partial charge in [0.1, 0.15) is 5.82 Å². The highest BCUT2D eigenvalue weighted by atomic mass is 32.1. The second-order valence-electron chi connectivity index (χ2n) is 8.98. The third kappa shape index (κ3) is 2.91. The van der Waals surface area contributed by atoms with Gasteiger partial charge in [-0.2, -0.15) is 5.10 Å². The standard InChI is InChI=1S/C26H23FN2OS/c1-26-14-17-15-28-29(20-9-7-19(27)8-10-20)22(17)13-18(26)6-11-21(26)25(30)24-12-16-4-2-3-5-23(16)31-24/h2-5,7-10,12-13,15,21,25,30H,6,11,14H2,1H3/t21-,25?,26+/m1/s1. The number of aromatic nitrogens is 2. The van der Waals surface area contributed by atoms with E-state index in [1.54, 1.807) is 23.5 Å². The summed E-state index contributed by atoms with van der Waals surface area (Å²) >= 11 is 1.70. The molecule has 2 aromatic heterocycles. The Balaban J connectivity index is 1.35. The van der Waals surface area contributed by atoms with E-state index in [0.29, 0.717) is 0 Å². The van der Waals surface area contributed by atoms with Crippen molar-refractivity contribution in [2.75, 3.05) is 0 Å². The summed E-state index contributed by atoms with van der Waals surface area (Å²) in [7, 11) is 0. The Kier molecular flexibility index (Phi) is 4.20. The summed E-state index contributed by atoms with van der Waals surface area (Å²) in [6.45, 7) is 2.30. The number of thiophene rings is 1. The zero-order chi connectivity index (χ0) is 21.2. The molecular formula is C26H23FN2OS. The molecule has 3 nitrogen and oxygen atoms in total. The normalized spacial score (nSPS) is 23.5. The van der Waals surface area contributed by atoms with Crippen LogP contribution in [-0.4, -0.2) is 14.9 Å². The van der Waals surface area contributed by atoms with E-state index in [0.717, 1.165) is 35.5 Å². The van der Waals surface area contributed by atoms with Crippen molar-refractivity contribution in [1.82, 2.24) is 9.78 Å². The molecule has 1 N–H and O–H groups in total. The zero-order valence-electron chi connectivity index (χ0n) is 17.3. The van der Waals surface area contributed by atoms with Crippen LogP contribution in [0.15, 0.2) is 66.4 Å². The van der Waals surface area contributed by atoms with E-state index in [1.165, 1.54) is 33.4 Å². The van der Waals surface area contributed by atoms with Crippen LogP contribution in [0.25, 0.3) is 21.8 Å². The van der Waals surface area contributed by atoms with Gasteiger partial charge >= 0.3 is 0 Å². The summed E-state index contributed by atoms with van der Waals surface area (Å²) in [6.07, 6.45) is 6.54. The Bertz CT molecular complexity index is 1290. The molecule has 0 bridgehead atoms. The number of allylic oxidation sites excluding steroid dienone is 1. The molecule has 156 valence electrons. The van der Waals surface area contributed by atoms with Crippen LogP contribution in [0.3, 0.4) is 0 Å². The fraction of sp³-hybridized carbons (Fsp3) is 0.269. The number of rotatable bonds is 3. The van der Waals surface area contributed by atoms with Crippen LogP contribution in [0, 0.1) is 17.2 Å². The lowest BCUT2D eigenvalue weighted by molar-refractivity contribution is 0.0583. The maximum atomic E-state index is 13.4. The summed E-state index contributed by atoms with van der Waals surface area (Å²) in [5.41, 5.74) is 4.43. The van der Waals surface area contributed by atoms with Crippen molar-refractivity contribution in [3.05, 3.63) is 88.3 Å². The molecule has 0 radical (unpaired) electrons. The van der Waals surface area contributed by atoms with Gasteiger partial charge in [0.2, 0.25) is 0 Å². The molecular weight excluding hydrogens is 407 g/mol. The number of hydrogen-bond donors (Lipinski definition) is 1. The van der Waals surface area contributed by atoms with E-state index in [-0.39, 0.29) is 17.2 Å². The highest BCUT2D eigenvalue weighted by Crippen LogP contribution is 2.57. The van der Waals surface area contributed by atoms with Crippen molar-refractivity contribution < 1.29 is 9.50 Å². The van der Waals surface area contributed by atoms with E-state index < -0.39 is 6.10 Å². The highest BCUT2D eigenvalue weighted by molar-refractivity contribution is 7.19. The average Bonchev–Trinajstić information content (AvgIpc) is 3.46. The molecule has 1 unspecified atom stereocenters. The SMILES string of the molecule is C[C@]12Cc3cnn(-c4ccc(F)cc4)c3C=C1CC[C@@H]2C(O)c1cc2ccccc2s1. The Morgan fingerprint density at radius 2 is 2.00 bits per heavy atom. The minimum Gasteiger partial charge on any atom is -0.387 e. The van der Waals surface area contributed by atoms with Gasteiger partial charge in [0.15, 0.2) is 0 Å². The first kappa shape index (κ1) is 19.0. The number of aliphatic hydroxyl groups excluding tert-OH is 1. The van der Waals surface area contributed by atoms with E-state index in [2.05, 4.69) is 36.3 Å². The third-order valence-electron chi connectivity index (χ3n) is 7.22. The summed E-state index contributed by atoms with van der Waals surface area (Å²) in [6, 6.07) is 16.9. The van der Waals surface area contributed by atoms with Crippen LogP contribution in [0.1, 0.15) is 42.0 Å². The highest BCUT2D eigenvalue weighted by Gasteiger charge is 2.48. The molecule has 4 aromatic rings. The van der Waals surface area contributed by atoms with E-state index >= 15 is 0 Å². The van der Waals surface area contributed by atoms with Crippen LogP contribution >= 0.6 is 11.3 Å². The second kappa shape index (κ2) is 6.87. The van der Waals surface area contributed by atoms with Crippen molar-refractivity contribution in [2.24, 2.45) is 11.3 Å². The van der Waals surface area contributed by atoms with E-state index in [1.807, 2.05) is 23.0 Å². The number of hydrogen-bond acceptors (Lipinski definition) is 3. The molecule has 2 aliphatic carbocycles. The van der Waals surface area contributed by atoms with Crippen molar-refractivity contribution in [3.8, 4) is 5.69 Å². The first-order valence-electron chi connectivity index (χ1n) is 10.7. The Hall–Kier alpha value is -2.76. The van der Waals surface area contributed by atoms with Crippen molar-refractivity contribution in [2.45, 2.75) is 32.3 Å². The Morgan fingerprint density at radius 1 is 1.19 bits per heavy atom. The van der Waals surface area contributed by atoms with Crippen LogP contribution in [-0.2, 0) is 6.42 Å². The largest absolute Gasteiger partial charge is 0.387 e. The minimum absolute atomic E-state index is 0.0841. The molecule has 1 fully saturated rings.